The van der Waals surface area contributed by atoms with Crippen LogP contribution in [0.2, 0.25) is 0 Å². The summed E-state index contributed by atoms with van der Waals surface area (Å²) in [7, 11) is -3.59. The van der Waals surface area contributed by atoms with Gasteiger partial charge in [-0.05, 0) is 25.0 Å². The van der Waals surface area contributed by atoms with E-state index in [2.05, 4.69) is 0 Å². The molecule has 1 aliphatic heterocycles. The molecule has 1 saturated heterocycles. The SMILES string of the molecule is CCN(C[C@H]1CN(C2CCCCCCC2)C(=O)O1)S(=O)(=O)c1ccccc1. The lowest BCUT2D eigenvalue weighted by Gasteiger charge is -2.27. The molecule has 1 saturated carbocycles. The lowest BCUT2D eigenvalue weighted by Crippen LogP contribution is -2.40. The van der Waals surface area contributed by atoms with Crippen molar-refractivity contribution in [3.05, 3.63) is 30.3 Å². The van der Waals surface area contributed by atoms with Gasteiger partial charge in [-0.15, -0.1) is 0 Å². The Hall–Kier alpha value is -1.60. The molecule has 1 amide bonds. The van der Waals surface area contributed by atoms with Gasteiger partial charge in [0.05, 0.1) is 18.0 Å². The van der Waals surface area contributed by atoms with E-state index in [1.807, 2.05) is 11.8 Å². The first-order chi connectivity index (χ1) is 13.0. The Morgan fingerprint density at radius 3 is 2.33 bits per heavy atom. The van der Waals surface area contributed by atoms with Crippen LogP contribution < -0.4 is 0 Å². The third kappa shape index (κ3) is 4.82. The zero-order valence-electron chi connectivity index (χ0n) is 16.0. The molecule has 3 rings (SSSR count). The van der Waals surface area contributed by atoms with Crippen LogP contribution in [0.3, 0.4) is 0 Å². The van der Waals surface area contributed by atoms with E-state index in [4.69, 9.17) is 4.74 Å². The molecular weight excluding hydrogens is 364 g/mol. The number of hydrogen-bond donors (Lipinski definition) is 0. The maximum absolute atomic E-state index is 12.9. The number of hydrogen-bond acceptors (Lipinski definition) is 4. The predicted octanol–water partition coefficient (Wildman–Crippen LogP) is 3.63. The van der Waals surface area contributed by atoms with Crippen LogP contribution in [0, 0.1) is 0 Å². The summed E-state index contributed by atoms with van der Waals surface area (Å²) in [5.74, 6) is 0. The van der Waals surface area contributed by atoms with Crippen molar-refractivity contribution in [1.29, 1.82) is 0 Å². The number of cyclic esters (lactones) is 1. The molecule has 0 spiro atoms. The second-order valence-electron chi connectivity index (χ2n) is 7.43. The van der Waals surface area contributed by atoms with Crippen LogP contribution in [-0.2, 0) is 14.8 Å². The van der Waals surface area contributed by atoms with E-state index in [0.717, 1.165) is 25.7 Å². The smallest absolute Gasteiger partial charge is 0.410 e. The van der Waals surface area contributed by atoms with Crippen LogP contribution in [-0.4, -0.2) is 55.5 Å². The second-order valence-corrected chi connectivity index (χ2v) is 9.36. The number of amides is 1. The van der Waals surface area contributed by atoms with E-state index in [1.54, 1.807) is 30.3 Å². The number of nitrogens with zero attached hydrogens (tertiary/aromatic N) is 2. The molecule has 1 aromatic carbocycles. The number of likely N-dealkylation sites (N-methyl/N-ethyl adjacent to an activating group) is 1. The second kappa shape index (κ2) is 9.06. The Kier molecular flexibility index (Phi) is 6.76. The largest absolute Gasteiger partial charge is 0.443 e. The standard InChI is InChI=1S/C20H30N2O4S/c1-2-21(27(24,25)19-13-9-6-10-14-19)15-18-16-22(20(23)26-18)17-11-7-4-3-5-8-12-17/h6,9-10,13-14,17-18H,2-5,7-8,11-12,15-16H2,1H3/t18-/m0/s1. The molecule has 1 atom stereocenters. The minimum Gasteiger partial charge on any atom is -0.443 e. The van der Waals surface area contributed by atoms with Crippen LogP contribution in [0.1, 0.15) is 51.9 Å². The van der Waals surface area contributed by atoms with Crippen molar-refractivity contribution in [3.63, 3.8) is 0 Å². The fourth-order valence-corrected chi connectivity index (χ4v) is 5.55. The van der Waals surface area contributed by atoms with Crippen LogP contribution in [0.25, 0.3) is 0 Å². The summed E-state index contributed by atoms with van der Waals surface area (Å²) in [4.78, 5) is 14.5. The summed E-state index contributed by atoms with van der Waals surface area (Å²) in [6, 6.07) is 8.64. The van der Waals surface area contributed by atoms with E-state index in [-0.39, 0.29) is 23.6 Å². The Morgan fingerprint density at radius 2 is 1.70 bits per heavy atom. The highest BCUT2D eigenvalue weighted by Gasteiger charge is 2.38. The summed E-state index contributed by atoms with van der Waals surface area (Å²) in [5.41, 5.74) is 0. The summed E-state index contributed by atoms with van der Waals surface area (Å²) in [5, 5.41) is 0. The van der Waals surface area contributed by atoms with Crippen molar-refractivity contribution in [2.75, 3.05) is 19.6 Å². The molecular formula is C20H30N2O4S. The highest BCUT2D eigenvalue weighted by Crippen LogP contribution is 2.26. The van der Waals surface area contributed by atoms with E-state index in [1.165, 1.54) is 23.6 Å². The van der Waals surface area contributed by atoms with Gasteiger partial charge in [0.2, 0.25) is 10.0 Å². The minimum absolute atomic E-state index is 0.197. The zero-order chi connectivity index (χ0) is 19.3. The minimum atomic E-state index is -3.59. The summed E-state index contributed by atoms with van der Waals surface area (Å²) in [6.07, 6.45) is 7.33. The molecule has 6 nitrogen and oxygen atoms in total. The van der Waals surface area contributed by atoms with Gasteiger partial charge in [0.1, 0.15) is 6.10 Å². The van der Waals surface area contributed by atoms with Crippen LogP contribution in [0.4, 0.5) is 4.79 Å². The molecule has 2 fully saturated rings. The number of benzene rings is 1. The quantitative estimate of drug-likeness (QED) is 0.739. The third-order valence-electron chi connectivity index (χ3n) is 5.56. The average Bonchev–Trinajstić information content (AvgIpc) is 3.00. The zero-order valence-corrected chi connectivity index (χ0v) is 16.9. The maximum Gasteiger partial charge on any atom is 0.410 e. The molecule has 0 N–H and O–H groups in total. The Morgan fingerprint density at radius 1 is 1.07 bits per heavy atom. The van der Waals surface area contributed by atoms with Gasteiger partial charge in [-0.25, -0.2) is 13.2 Å². The molecule has 7 heteroatoms. The molecule has 0 radical (unpaired) electrons. The van der Waals surface area contributed by atoms with Gasteiger partial charge in [-0.3, -0.25) is 0 Å². The van der Waals surface area contributed by atoms with Crippen molar-refractivity contribution in [1.82, 2.24) is 9.21 Å². The molecule has 1 aliphatic carbocycles. The van der Waals surface area contributed by atoms with Crippen LogP contribution >= 0.6 is 0 Å². The highest BCUT2D eigenvalue weighted by molar-refractivity contribution is 7.89. The van der Waals surface area contributed by atoms with Gasteiger partial charge in [0, 0.05) is 12.6 Å². The lowest BCUT2D eigenvalue weighted by atomic mass is 9.96. The molecule has 0 aromatic heterocycles. The van der Waals surface area contributed by atoms with Gasteiger partial charge in [0.15, 0.2) is 0 Å². The Labute approximate surface area is 162 Å². The normalized spacial score (nSPS) is 22.5. The van der Waals surface area contributed by atoms with Crippen molar-refractivity contribution in [2.24, 2.45) is 0 Å². The van der Waals surface area contributed by atoms with E-state index in [9.17, 15) is 13.2 Å². The van der Waals surface area contributed by atoms with Crippen molar-refractivity contribution in [2.45, 2.75) is 68.9 Å². The molecule has 1 aromatic rings. The van der Waals surface area contributed by atoms with E-state index in [0.29, 0.717) is 13.1 Å². The van der Waals surface area contributed by atoms with Gasteiger partial charge < -0.3 is 9.64 Å². The van der Waals surface area contributed by atoms with Crippen molar-refractivity contribution >= 4 is 16.1 Å². The van der Waals surface area contributed by atoms with Crippen LogP contribution in [0.15, 0.2) is 35.2 Å². The first-order valence-electron chi connectivity index (χ1n) is 10.0. The molecule has 150 valence electrons. The average molecular weight is 395 g/mol. The van der Waals surface area contributed by atoms with Crippen molar-refractivity contribution in [3.8, 4) is 0 Å². The molecule has 0 bridgehead atoms. The number of carbonyl (C=O) groups excluding carboxylic acids is 1. The first-order valence-corrected chi connectivity index (χ1v) is 11.5. The Balaban J connectivity index is 1.65. The third-order valence-corrected chi connectivity index (χ3v) is 7.51. The first kappa shape index (κ1) is 20.1. The fraction of sp³-hybridized carbons (Fsp3) is 0.650. The number of ether oxygens (including phenoxy) is 1. The maximum atomic E-state index is 12.9. The monoisotopic (exact) mass is 394 g/mol. The summed E-state index contributed by atoms with van der Waals surface area (Å²) >= 11 is 0. The molecule has 1 heterocycles. The fourth-order valence-electron chi connectivity index (χ4n) is 4.05. The van der Waals surface area contributed by atoms with Gasteiger partial charge in [-0.2, -0.15) is 4.31 Å². The molecule has 27 heavy (non-hydrogen) atoms. The number of carbonyl (C=O) groups is 1. The molecule has 0 unspecified atom stereocenters. The van der Waals surface area contributed by atoms with Crippen molar-refractivity contribution < 1.29 is 17.9 Å². The van der Waals surface area contributed by atoms with E-state index < -0.39 is 16.1 Å². The van der Waals surface area contributed by atoms with Crippen LogP contribution in [0.5, 0.6) is 0 Å². The van der Waals surface area contributed by atoms with Gasteiger partial charge in [-0.1, -0.05) is 57.2 Å². The summed E-state index contributed by atoms with van der Waals surface area (Å²) in [6.45, 7) is 2.82. The number of rotatable bonds is 6. The summed E-state index contributed by atoms with van der Waals surface area (Å²) < 4.78 is 32.7. The van der Waals surface area contributed by atoms with Gasteiger partial charge >= 0.3 is 6.09 Å². The topological polar surface area (TPSA) is 66.9 Å². The highest BCUT2D eigenvalue weighted by atomic mass is 32.2. The predicted molar refractivity (Wildman–Crippen MR) is 104 cm³/mol. The number of sulfonamides is 1. The van der Waals surface area contributed by atoms with E-state index >= 15 is 0 Å². The van der Waals surface area contributed by atoms with Gasteiger partial charge in [0.25, 0.3) is 0 Å². The Bertz CT molecular complexity index is 715. The lowest BCUT2D eigenvalue weighted by molar-refractivity contribution is 0.118. The molecule has 2 aliphatic rings.